The number of hydrogen-bond acceptors (Lipinski definition) is 5. The van der Waals surface area contributed by atoms with Crippen LogP contribution >= 0.6 is 0 Å². The number of aromatic amines is 1. The maximum atomic E-state index is 12.3. The van der Waals surface area contributed by atoms with Crippen molar-refractivity contribution in [3.8, 4) is 0 Å². The Morgan fingerprint density at radius 2 is 2.20 bits per heavy atom. The molecule has 0 spiro atoms. The zero-order chi connectivity index (χ0) is 13.9. The summed E-state index contributed by atoms with van der Waals surface area (Å²) in [4.78, 5) is 17.8. The van der Waals surface area contributed by atoms with Crippen LogP contribution in [0.2, 0.25) is 0 Å². The second-order valence-electron chi connectivity index (χ2n) is 4.56. The van der Waals surface area contributed by atoms with Crippen molar-refractivity contribution < 1.29 is 9.53 Å². The van der Waals surface area contributed by atoms with E-state index in [0.29, 0.717) is 19.7 Å². The van der Waals surface area contributed by atoms with Crippen molar-refractivity contribution in [3.63, 3.8) is 0 Å². The number of morpholine rings is 1. The number of aromatic nitrogens is 3. The number of anilines is 1. The molecular formula is C13H15N5O2. The van der Waals surface area contributed by atoms with E-state index in [1.54, 1.807) is 4.90 Å². The average molecular weight is 273 g/mol. The fourth-order valence-electron chi connectivity index (χ4n) is 2.22. The lowest BCUT2D eigenvalue weighted by molar-refractivity contribution is -0.0232. The van der Waals surface area contributed by atoms with Gasteiger partial charge >= 0.3 is 0 Å². The molecule has 1 aromatic carbocycles. The Morgan fingerprint density at radius 3 is 2.90 bits per heavy atom. The quantitative estimate of drug-likeness (QED) is 0.835. The maximum Gasteiger partial charge on any atom is 0.291 e. The van der Waals surface area contributed by atoms with Gasteiger partial charge in [0.15, 0.2) is 0 Å². The van der Waals surface area contributed by atoms with Crippen LogP contribution in [-0.2, 0) is 4.74 Å². The number of nitrogen functional groups attached to an aromatic ring is 1. The number of nitrogens with one attached hydrogen (secondary N) is 1. The topological polar surface area (TPSA) is 97.1 Å². The Balaban J connectivity index is 1.74. The van der Waals surface area contributed by atoms with E-state index in [2.05, 4.69) is 15.2 Å². The van der Waals surface area contributed by atoms with Crippen LogP contribution in [0, 0.1) is 0 Å². The summed E-state index contributed by atoms with van der Waals surface area (Å²) in [6.45, 7) is 1.52. The van der Waals surface area contributed by atoms with Crippen molar-refractivity contribution in [2.75, 3.05) is 25.4 Å². The zero-order valence-corrected chi connectivity index (χ0v) is 10.8. The molecule has 1 aromatic heterocycles. The summed E-state index contributed by atoms with van der Waals surface area (Å²) in [5, 5.41) is 6.21. The van der Waals surface area contributed by atoms with Crippen LogP contribution in [0.25, 0.3) is 0 Å². The van der Waals surface area contributed by atoms with Crippen molar-refractivity contribution in [1.29, 1.82) is 0 Å². The summed E-state index contributed by atoms with van der Waals surface area (Å²) >= 11 is 0. The monoisotopic (exact) mass is 273 g/mol. The first kappa shape index (κ1) is 12.6. The van der Waals surface area contributed by atoms with E-state index in [1.165, 1.54) is 0 Å². The molecule has 2 aromatic rings. The fourth-order valence-corrected chi connectivity index (χ4v) is 2.22. The minimum atomic E-state index is -0.210. The van der Waals surface area contributed by atoms with E-state index in [-0.39, 0.29) is 23.8 Å². The third kappa shape index (κ3) is 2.48. The Kier molecular flexibility index (Phi) is 3.34. The first-order chi connectivity index (χ1) is 9.74. The predicted molar refractivity (Wildman–Crippen MR) is 71.8 cm³/mol. The van der Waals surface area contributed by atoms with E-state index < -0.39 is 0 Å². The average Bonchev–Trinajstić information content (AvgIpc) is 2.94. The SMILES string of the molecule is Nc1n[nH]c(C(=O)N2CCOC(c3ccccc3)C2)n1. The second kappa shape index (κ2) is 5.30. The van der Waals surface area contributed by atoms with Crippen molar-refractivity contribution >= 4 is 11.9 Å². The van der Waals surface area contributed by atoms with Gasteiger partial charge in [-0.3, -0.25) is 9.89 Å². The highest BCUT2D eigenvalue weighted by atomic mass is 16.5. The summed E-state index contributed by atoms with van der Waals surface area (Å²) < 4.78 is 5.72. The summed E-state index contributed by atoms with van der Waals surface area (Å²) in [7, 11) is 0. The number of rotatable bonds is 2. The van der Waals surface area contributed by atoms with Crippen LogP contribution in [0.3, 0.4) is 0 Å². The van der Waals surface area contributed by atoms with Gasteiger partial charge in [0.1, 0.15) is 6.10 Å². The van der Waals surface area contributed by atoms with E-state index in [0.717, 1.165) is 5.56 Å². The molecule has 0 radical (unpaired) electrons. The lowest BCUT2D eigenvalue weighted by atomic mass is 10.1. The summed E-state index contributed by atoms with van der Waals surface area (Å²) in [5.41, 5.74) is 6.47. The van der Waals surface area contributed by atoms with Crippen LogP contribution < -0.4 is 5.73 Å². The lowest BCUT2D eigenvalue weighted by Gasteiger charge is -2.32. The molecule has 1 saturated heterocycles. The first-order valence-electron chi connectivity index (χ1n) is 6.38. The van der Waals surface area contributed by atoms with Crippen molar-refractivity contribution in [3.05, 3.63) is 41.7 Å². The highest BCUT2D eigenvalue weighted by molar-refractivity contribution is 5.90. The standard InChI is InChI=1S/C13H15N5O2/c14-13-15-11(16-17-13)12(19)18-6-7-20-10(8-18)9-4-2-1-3-5-9/h1-5,10H,6-8H2,(H3,14,15,16,17). The van der Waals surface area contributed by atoms with Gasteiger partial charge in [-0.2, -0.15) is 4.98 Å². The van der Waals surface area contributed by atoms with Crippen LogP contribution in [0.1, 0.15) is 22.3 Å². The number of carbonyl (C=O) groups is 1. The van der Waals surface area contributed by atoms with Gasteiger partial charge in [-0.1, -0.05) is 30.3 Å². The minimum Gasteiger partial charge on any atom is -0.370 e. The highest BCUT2D eigenvalue weighted by Gasteiger charge is 2.27. The first-order valence-corrected chi connectivity index (χ1v) is 6.38. The van der Waals surface area contributed by atoms with E-state index in [1.807, 2.05) is 30.3 Å². The molecule has 1 amide bonds. The fraction of sp³-hybridized carbons (Fsp3) is 0.308. The van der Waals surface area contributed by atoms with Gasteiger partial charge in [0.2, 0.25) is 11.8 Å². The lowest BCUT2D eigenvalue weighted by Crippen LogP contribution is -2.42. The molecule has 0 saturated carbocycles. The molecule has 1 aliphatic heterocycles. The molecule has 2 heterocycles. The van der Waals surface area contributed by atoms with Gasteiger partial charge in [-0.15, -0.1) is 5.10 Å². The van der Waals surface area contributed by atoms with Crippen molar-refractivity contribution in [2.24, 2.45) is 0 Å². The molecule has 0 bridgehead atoms. The largest absolute Gasteiger partial charge is 0.370 e. The molecule has 1 atom stereocenters. The van der Waals surface area contributed by atoms with Crippen LogP contribution in [0.15, 0.2) is 30.3 Å². The number of carbonyl (C=O) groups excluding carboxylic acids is 1. The highest BCUT2D eigenvalue weighted by Crippen LogP contribution is 2.22. The molecule has 1 unspecified atom stereocenters. The van der Waals surface area contributed by atoms with Crippen LogP contribution in [0.4, 0.5) is 5.95 Å². The Morgan fingerprint density at radius 1 is 1.40 bits per heavy atom. The summed E-state index contributed by atoms with van der Waals surface area (Å²) in [5.74, 6) is 0.0239. The third-order valence-corrected chi connectivity index (χ3v) is 3.23. The normalized spacial score (nSPS) is 19.0. The Bertz CT molecular complexity index is 598. The number of amides is 1. The van der Waals surface area contributed by atoms with E-state index >= 15 is 0 Å². The predicted octanol–water partition coefficient (Wildman–Crippen LogP) is 0.601. The van der Waals surface area contributed by atoms with Gasteiger partial charge < -0.3 is 15.4 Å². The van der Waals surface area contributed by atoms with E-state index in [4.69, 9.17) is 10.5 Å². The number of hydrogen-bond donors (Lipinski definition) is 2. The molecule has 7 nitrogen and oxygen atoms in total. The number of ether oxygens (including phenoxy) is 1. The summed E-state index contributed by atoms with van der Waals surface area (Å²) in [6.07, 6.45) is -0.117. The Labute approximate surface area is 115 Å². The Hall–Kier alpha value is -2.41. The van der Waals surface area contributed by atoms with Crippen LogP contribution in [0.5, 0.6) is 0 Å². The van der Waals surface area contributed by atoms with Crippen LogP contribution in [-0.4, -0.2) is 45.7 Å². The van der Waals surface area contributed by atoms with Gasteiger partial charge in [0.25, 0.3) is 5.91 Å². The van der Waals surface area contributed by atoms with Gasteiger partial charge in [-0.25, -0.2) is 0 Å². The number of nitrogens with two attached hydrogens (primary N) is 1. The molecule has 104 valence electrons. The zero-order valence-electron chi connectivity index (χ0n) is 10.8. The molecule has 0 aliphatic carbocycles. The molecule has 7 heteroatoms. The van der Waals surface area contributed by atoms with Gasteiger partial charge in [0.05, 0.1) is 13.2 Å². The van der Waals surface area contributed by atoms with Crippen molar-refractivity contribution in [2.45, 2.75) is 6.10 Å². The maximum absolute atomic E-state index is 12.3. The molecule has 3 N–H and O–H groups in total. The number of nitrogens with zero attached hydrogens (tertiary/aromatic N) is 3. The molecule has 3 rings (SSSR count). The molecule has 20 heavy (non-hydrogen) atoms. The van der Waals surface area contributed by atoms with Crippen molar-refractivity contribution in [1.82, 2.24) is 20.1 Å². The van der Waals surface area contributed by atoms with E-state index in [9.17, 15) is 4.79 Å². The minimum absolute atomic E-state index is 0.0706. The molecular weight excluding hydrogens is 258 g/mol. The smallest absolute Gasteiger partial charge is 0.291 e. The second-order valence-corrected chi connectivity index (χ2v) is 4.56. The van der Waals surface area contributed by atoms with Gasteiger partial charge in [0, 0.05) is 6.54 Å². The van der Waals surface area contributed by atoms with Gasteiger partial charge in [-0.05, 0) is 5.56 Å². The molecule has 1 fully saturated rings. The number of benzene rings is 1. The summed E-state index contributed by atoms with van der Waals surface area (Å²) in [6, 6.07) is 9.84. The number of H-pyrrole nitrogens is 1. The molecule has 1 aliphatic rings. The third-order valence-electron chi connectivity index (χ3n) is 3.23.